The molecule has 0 saturated carbocycles. The van der Waals surface area contributed by atoms with Crippen molar-refractivity contribution in [2.24, 2.45) is 18.7 Å². The molecule has 0 aliphatic rings. The van der Waals surface area contributed by atoms with Crippen LogP contribution >= 0.6 is 0 Å². The molecule has 4 nitrogen and oxygen atoms in total. The van der Waals surface area contributed by atoms with Gasteiger partial charge in [0.25, 0.3) is 0 Å². The Morgan fingerprint density at radius 3 is 2.94 bits per heavy atom. The summed E-state index contributed by atoms with van der Waals surface area (Å²) >= 11 is 0. The topological polar surface area (TPSA) is 56.7 Å². The van der Waals surface area contributed by atoms with Gasteiger partial charge in [-0.3, -0.25) is 4.98 Å². The lowest BCUT2D eigenvalue weighted by molar-refractivity contribution is 0.499. The molecule has 0 aliphatic carbocycles. The van der Waals surface area contributed by atoms with Crippen LogP contribution in [0.2, 0.25) is 0 Å². The number of imidazole rings is 1. The van der Waals surface area contributed by atoms with Crippen LogP contribution in [-0.2, 0) is 13.5 Å². The summed E-state index contributed by atoms with van der Waals surface area (Å²) in [4.78, 5) is 8.74. The lowest BCUT2D eigenvalue weighted by Gasteiger charge is -2.11. The van der Waals surface area contributed by atoms with Crippen LogP contribution in [0, 0.1) is 5.92 Å². The van der Waals surface area contributed by atoms with Gasteiger partial charge in [0.2, 0.25) is 0 Å². The summed E-state index contributed by atoms with van der Waals surface area (Å²) in [7, 11) is 2.04. The highest BCUT2D eigenvalue weighted by molar-refractivity contribution is 5.74. The zero-order chi connectivity index (χ0) is 11.5. The summed E-state index contributed by atoms with van der Waals surface area (Å²) < 4.78 is 2.11. The van der Waals surface area contributed by atoms with Crippen molar-refractivity contribution in [3.05, 3.63) is 24.3 Å². The van der Waals surface area contributed by atoms with Crippen LogP contribution in [0.25, 0.3) is 11.0 Å². The fourth-order valence-corrected chi connectivity index (χ4v) is 1.92. The molecule has 0 bridgehead atoms. The summed E-state index contributed by atoms with van der Waals surface area (Å²) in [6.07, 6.45) is 5.67. The summed E-state index contributed by atoms with van der Waals surface area (Å²) in [5.74, 6) is 1.61. The van der Waals surface area contributed by atoms with Crippen LogP contribution in [0.3, 0.4) is 0 Å². The van der Waals surface area contributed by atoms with E-state index in [0.29, 0.717) is 5.92 Å². The molecule has 0 aromatic carbocycles. The maximum atomic E-state index is 5.73. The third-order valence-corrected chi connectivity index (χ3v) is 3.16. The van der Waals surface area contributed by atoms with Gasteiger partial charge < -0.3 is 10.3 Å². The fourth-order valence-electron chi connectivity index (χ4n) is 1.92. The Kier molecular flexibility index (Phi) is 3.19. The van der Waals surface area contributed by atoms with Crippen molar-refractivity contribution in [2.75, 3.05) is 6.54 Å². The Labute approximate surface area is 95.5 Å². The fraction of sp³-hybridized carbons (Fsp3) is 0.500. The Morgan fingerprint density at radius 1 is 1.50 bits per heavy atom. The molecule has 0 aliphatic heterocycles. The summed E-state index contributed by atoms with van der Waals surface area (Å²) in [6, 6.07) is 1.95. The molecule has 2 heterocycles. The van der Waals surface area contributed by atoms with E-state index >= 15 is 0 Å². The van der Waals surface area contributed by atoms with E-state index in [1.165, 1.54) is 0 Å². The van der Waals surface area contributed by atoms with Crippen LogP contribution in [0.5, 0.6) is 0 Å². The van der Waals surface area contributed by atoms with Crippen molar-refractivity contribution in [2.45, 2.75) is 19.8 Å². The molecule has 0 saturated heterocycles. The maximum absolute atomic E-state index is 5.73. The predicted octanol–water partition coefficient (Wildman–Crippen LogP) is 1.50. The molecule has 0 amide bonds. The van der Waals surface area contributed by atoms with Crippen LogP contribution in [-0.4, -0.2) is 21.1 Å². The molecular formula is C12H18N4. The van der Waals surface area contributed by atoms with Crippen molar-refractivity contribution >= 4 is 11.0 Å². The third-order valence-electron chi connectivity index (χ3n) is 3.16. The Morgan fingerprint density at radius 2 is 2.31 bits per heavy atom. The number of nitrogens with two attached hydrogens (primary N) is 1. The first-order valence-electron chi connectivity index (χ1n) is 5.71. The van der Waals surface area contributed by atoms with Gasteiger partial charge in [-0.1, -0.05) is 13.3 Å². The van der Waals surface area contributed by atoms with Crippen LogP contribution in [0.15, 0.2) is 18.5 Å². The number of rotatable bonds is 4. The quantitative estimate of drug-likeness (QED) is 0.846. The van der Waals surface area contributed by atoms with Crippen molar-refractivity contribution in [3.8, 4) is 0 Å². The van der Waals surface area contributed by atoms with Gasteiger partial charge >= 0.3 is 0 Å². The van der Waals surface area contributed by atoms with Crippen LogP contribution in [0.1, 0.15) is 19.2 Å². The van der Waals surface area contributed by atoms with Crippen molar-refractivity contribution in [1.29, 1.82) is 0 Å². The number of aromatic nitrogens is 3. The summed E-state index contributed by atoms with van der Waals surface area (Å²) in [5.41, 5.74) is 7.83. The summed E-state index contributed by atoms with van der Waals surface area (Å²) in [6.45, 7) is 2.89. The number of hydrogen-bond acceptors (Lipinski definition) is 3. The highest BCUT2D eigenvalue weighted by atomic mass is 15.1. The first-order valence-corrected chi connectivity index (χ1v) is 5.71. The highest BCUT2D eigenvalue weighted by Crippen LogP contribution is 2.16. The minimum Gasteiger partial charge on any atom is -0.330 e. The minimum absolute atomic E-state index is 0.517. The molecule has 4 heteroatoms. The minimum atomic E-state index is 0.517. The van der Waals surface area contributed by atoms with E-state index in [4.69, 9.17) is 5.73 Å². The number of nitrogens with zero attached hydrogens (tertiary/aromatic N) is 3. The first kappa shape index (κ1) is 11.1. The molecule has 2 aromatic rings. The second-order valence-electron chi connectivity index (χ2n) is 4.17. The molecule has 16 heavy (non-hydrogen) atoms. The predicted molar refractivity (Wildman–Crippen MR) is 65.0 cm³/mol. The van der Waals surface area contributed by atoms with Gasteiger partial charge in [-0.2, -0.15) is 0 Å². The van der Waals surface area contributed by atoms with E-state index in [-0.39, 0.29) is 0 Å². The lowest BCUT2D eigenvalue weighted by atomic mass is 10.0. The zero-order valence-electron chi connectivity index (χ0n) is 9.85. The van der Waals surface area contributed by atoms with E-state index in [1.807, 2.05) is 19.3 Å². The average molecular weight is 218 g/mol. The molecule has 2 aromatic heterocycles. The van der Waals surface area contributed by atoms with E-state index in [0.717, 1.165) is 36.2 Å². The van der Waals surface area contributed by atoms with Crippen LogP contribution in [0.4, 0.5) is 0 Å². The molecule has 0 spiro atoms. The Hall–Kier alpha value is -1.42. The maximum Gasteiger partial charge on any atom is 0.109 e. The van der Waals surface area contributed by atoms with Crippen LogP contribution < -0.4 is 5.73 Å². The van der Waals surface area contributed by atoms with Crippen molar-refractivity contribution in [3.63, 3.8) is 0 Å². The smallest absolute Gasteiger partial charge is 0.109 e. The summed E-state index contributed by atoms with van der Waals surface area (Å²) in [5, 5.41) is 0. The van der Waals surface area contributed by atoms with Gasteiger partial charge in [0.1, 0.15) is 5.82 Å². The Bertz CT molecular complexity index is 471. The van der Waals surface area contributed by atoms with Crippen molar-refractivity contribution in [1.82, 2.24) is 14.5 Å². The van der Waals surface area contributed by atoms with Gasteiger partial charge in [0.15, 0.2) is 0 Å². The Balaban J connectivity index is 2.34. The van der Waals surface area contributed by atoms with E-state index in [1.54, 1.807) is 6.20 Å². The molecule has 2 N–H and O–H groups in total. The molecule has 0 fully saturated rings. The molecule has 0 radical (unpaired) electrons. The van der Waals surface area contributed by atoms with E-state index in [2.05, 4.69) is 21.5 Å². The number of pyridine rings is 1. The molecule has 86 valence electrons. The lowest BCUT2D eigenvalue weighted by Crippen LogP contribution is -2.17. The second kappa shape index (κ2) is 4.61. The average Bonchev–Trinajstić information content (AvgIpc) is 2.64. The van der Waals surface area contributed by atoms with E-state index in [9.17, 15) is 0 Å². The van der Waals surface area contributed by atoms with Gasteiger partial charge in [-0.05, 0) is 18.5 Å². The monoisotopic (exact) mass is 218 g/mol. The number of fused-ring (bicyclic) bond motifs is 1. The second-order valence-corrected chi connectivity index (χ2v) is 4.17. The molecular weight excluding hydrogens is 200 g/mol. The normalized spacial score (nSPS) is 13.2. The van der Waals surface area contributed by atoms with Gasteiger partial charge in [-0.25, -0.2) is 4.98 Å². The number of aryl methyl sites for hydroxylation is 1. The molecule has 2 rings (SSSR count). The molecule has 1 unspecified atom stereocenters. The van der Waals surface area contributed by atoms with Gasteiger partial charge in [0, 0.05) is 19.7 Å². The highest BCUT2D eigenvalue weighted by Gasteiger charge is 2.12. The standard InChI is InChI=1S/C12H18N4/c1-3-9(7-13)6-12-15-10-4-5-14-8-11(10)16(12)2/h4-5,8-9H,3,6-7,13H2,1-2H3. The van der Waals surface area contributed by atoms with E-state index < -0.39 is 0 Å². The van der Waals surface area contributed by atoms with Gasteiger partial charge in [-0.15, -0.1) is 0 Å². The van der Waals surface area contributed by atoms with Gasteiger partial charge in [0.05, 0.1) is 17.2 Å². The SMILES string of the molecule is CCC(CN)Cc1nc2ccncc2n1C. The van der Waals surface area contributed by atoms with Crippen molar-refractivity contribution < 1.29 is 0 Å². The largest absolute Gasteiger partial charge is 0.330 e. The first-order chi connectivity index (χ1) is 7.76. The third kappa shape index (κ3) is 1.93. The number of hydrogen-bond donors (Lipinski definition) is 1. The molecule has 1 atom stereocenters. The zero-order valence-corrected chi connectivity index (χ0v) is 9.85.